The van der Waals surface area contributed by atoms with Gasteiger partial charge >= 0.3 is 5.97 Å². The lowest BCUT2D eigenvalue weighted by Crippen LogP contribution is -2.17. The topological polar surface area (TPSA) is 55.1 Å². The Hall–Kier alpha value is -1.49. The molecule has 0 saturated carbocycles. The van der Waals surface area contributed by atoms with Crippen LogP contribution in [-0.2, 0) is 6.42 Å². The number of benzene rings is 1. The summed E-state index contributed by atoms with van der Waals surface area (Å²) < 4.78 is 2.37. The first kappa shape index (κ1) is 14.4. The second-order valence-corrected chi connectivity index (χ2v) is 6.72. The van der Waals surface area contributed by atoms with Gasteiger partial charge in [-0.05, 0) is 49.0 Å². The van der Waals surface area contributed by atoms with Crippen LogP contribution in [0.1, 0.15) is 48.4 Å². The number of aromatic nitrogens is 2. The molecule has 3 rings (SSSR count). The lowest BCUT2D eigenvalue weighted by molar-refractivity contribution is 0.0697. The van der Waals surface area contributed by atoms with E-state index < -0.39 is 5.97 Å². The normalized spacial score (nSPS) is 16.4. The summed E-state index contributed by atoms with van der Waals surface area (Å²) in [6, 6.07) is 5.82. The second kappa shape index (κ2) is 6.10. The average molecular weight is 304 g/mol. The van der Waals surface area contributed by atoms with Crippen molar-refractivity contribution < 1.29 is 9.90 Å². The van der Waals surface area contributed by atoms with Crippen molar-refractivity contribution in [3.05, 3.63) is 29.6 Å². The minimum Gasteiger partial charge on any atom is -0.478 e. The summed E-state index contributed by atoms with van der Waals surface area (Å²) >= 11 is 2.02. The number of imidazole rings is 1. The van der Waals surface area contributed by atoms with E-state index in [0.717, 1.165) is 29.7 Å². The van der Waals surface area contributed by atoms with Gasteiger partial charge in [0.05, 0.1) is 16.6 Å². The molecule has 1 aromatic heterocycles. The Labute approximate surface area is 128 Å². The van der Waals surface area contributed by atoms with Crippen LogP contribution in [0.5, 0.6) is 0 Å². The molecule has 0 radical (unpaired) electrons. The molecule has 1 aliphatic heterocycles. The Morgan fingerprint density at radius 3 is 2.86 bits per heavy atom. The molecule has 2 aromatic rings. The molecule has 21 heavy (non-hydrogen) atoms. The summed E-state index contributed by atoms with van der Waals surface area (Å²) in [6.45, 7) is 2.16. The van der Waals surface area contributed by atoms with Crippen LogP contribution in [0.25, 0.3) is 11.0 Å². The maximum absolute atomic E-state index is 11.1. The number of carbonyl (C=O) groups is 1. The molecule has 0 aliphatic carbocycles. The average Bonchev–Trinajstić information content (AvgIpc) is 2.85. The smallest absolute Gasteiger partial charge is 0.335 e. The predicted octanol–water partition coefficient (Wildman–Crippen LogP) is 3.76. The van der Waals surface area contributed by atoms with Crippen molar-refractivity contribution in [1.29, 1.82) is 0 Å². The molecule has 1 fully saturated rings. The van der Waals surface area contributed by atoms with Gasteiger partial charge < -0.3 is 9.67 Å². The van der Waals surface area contributed by atoms with Crippen molar-refractivity contribution in [3.63, 3.8) is 0 Å². The number of thioether (sulfide) groups is 1. The van der Waals surface area contributed by atoms with Gasteiger partial charge in [-0.3, -0.25) is 0 Å². The van der Waals surface area contributed by atoms with Crippen molar-refractivity contribution in [2.75, 3.05) is 11.5 Å². The Bertz CT molecular complexity index is 660. The van der Waals surface area contributed by atoms with Gasteiger partial charge in [0.2, 0.25) is 0 Å². The number of carboxylic acid groups (broad SMARTS) is 1. The molecule has 0 spiro atoms. The van der Waals surface area contributed by atoms with Gasteiger partial charge in [0.1, 0.15) is 5.82 Å². The largest absolute Gasteiger partial charge is 0.478 e. The molecule has 0 bridgehead atoms. The number of nitrogens with zero attached hydrogens (tertiary/aromatic N) is 2. The molecule has 0 atom stereocenters. The van der Waals surface area contributed by atoms with E-state index in [4.69, 9.17) is 10.1 Å². The first-order chi connectivity index (χ1) is 10.2. The molecule has 4 nitrogen and oxygen atoms in total. The van der Waals surface area contributed by atoms with Gasteiger partial charge in [-0.1, -0.05) is 6.92 Å². The van der Waals surface area contributed by atoms with Crippen LogP contribution < -0.4 is 0 Å². The van der Waals surface area contributed by atoms with Crippen LogP contribution in [0.15, 0.2) is 18.2 Å². The van der Waals surface area contributed by atoms with Crippen molar-refractivity contribution in [2.24, 2.45) is 0 Å². The second-order valence-electron chi connectivity index (χ2n) is 5.50. The molecule has 112 valence electrons. The van der Waals surface area contributed by atoms with Crippen LogP contribution in [0.2, 0.25) is 0 Å². The molecule has 0 amide bonds. The van der Waals surface area contributed by atoms with Gasteiger partial charge in [-0.15, -0.1) is 0 Å². The van der Waals surface area contributed by atoms with E-state index in [2.05, 4.69) is 11.5 Å². The molecule has 1 N–H and O–H groups in total. The molecule has 5 heteroatoms. The number of aromatic carboxylic acids is 1. The van der Waals surface area contributed by atoms with Crippen LogP contribution in [0.3, 0.4) is 0 Å². The summed E-state index contributed by atoms with van der Waals surface area (Å²) in [5.74, 6) is 2.61. The number of hydrogen-bond acceptors (Lipinski definition) is 3. The zero-order valence-electron chi connectivity index (χ0n) is 12.2. The number of rotatable bonds is 4. The fourth-order valence-electron chi connectivity index (χ4n) is 3.03. The first-order valence-corrected chi connectivity index (χ1v) is 8.68. The number of fused-ring (bicyclic) bond motifs is 1. The molecule has 2 heterocycles. The van der Waals surface area contributed by atoms with Gasteiger partial charge in [0.15, 0.2) is 0 Å². The van der Waals surface area contributed by atoms with Crippen molar-refractivity contribution in [3.8, 4) is 0 Å². The fourth-order valence-corrected chi connectivity index (χ4v) is 4.11. The van der Waals surface area contributed by atoms with Crippen LogP contribution >= 0.6 is 11.8 Å². The van der Waals surface area contributed by atoms with E-state index in [0.29, 0.717) is 11.6 Å². The summed E-state index contributed by atoms with van der Waals surface area (Å²) in [5, 5.41) is 9.14. The molecule has 1 aromatic carbocycles. The molecule has 1 saturated heterocycles. The number of hydrogen-bond donors (Lipinski definition) is 1. The lowest BCUT2D eigenvalue weighted by atomic mass is 10.1. The van der Waals surface area contributed by atoms with E-state index in [1.54, 1.807) is 12.1 Å². The standard InChI is InChI=1S/C16H20N2O2S/c1-2-3-15-17-13-10-11(16(19)20)4-5-14(13)18(15)12-6-8-21-9-7-12/h4-5,10,12H,2-3,6-9H2,1H3,(H,19,20). The van der Waals surface area contributed by atoms with E-state index in [-0.39, 0.29) is 0 Å². The van der Waals surface area contributed by atoms with E-state index in [1.807, 2.05) is 17.8 Å². The third kappa shape index (κ3) is 2.79. The summed E-state index contributed by atoms with van der Waals surface area (Å²) in [4.78, 5) is 15.8. The zero-order chi connectivity index (χ0) is 14.8. The Morgan fingerprint density at radius 1 is 1.43 bits per heavy atom. The molecular weight excluding hydrogens is 284 g/mol. The molecule has 1 aliphatic rings. The Morgan fingerprint density at radius 2 is 2.19 bits per heavy atom. The maximum Gasteiger partial charge on any atom is 0.335 e. The highest BCUT2D eigenvalue weighted by Gasteiger charge is 2.21. The predicted molar refractivity (Wildman–Crippen MR) is 86.3 cm³/mol. The fraction of sp³-hybridized carbons (Fsp3) is 0.500. The van der Waals surface area contributed by atoms with Gasteiger partial charge in [-0.25, -0.2) is 9.78 Å². The molecular formula is C16H20N2O2S. The minimum absolute atomic E-state index is 0.314. The van der Waals surface area contributed by atoms with Crippen LogP contribution in [0, 0.1) is 0 Å². The zero-order valence-corrected chi connectivity index (χ0v) is 13.0. The Balaban J connectivity index is 2.10. The van der Waals surface area contributed by atoms with E-state index in [1.165, 1.54) is 24.3 Å². The highest BCUT2D eigenvalue weighted by atomic mass is 32.2. The lowest BCUT2D eigenvalue weighted by Gasteiger charge is -2.25. The summed E-state index contributed by atoms with van der Waals surface area (Å²) in [5.41, 5.74) is 2.21. The SMILES string of the molecule is CCCc1nc2cc(C(=O)O)ccc2n1C1CCSCC1. The van der Waals surface area contributed by atoms with Gasteiger partial charge in [0, 0.05) is 12.5 Å². The first-order valence-electron chi connectivity index (χ1n) is 7.52. The van der Waals surface area contributed by atoms with Crippen molar-refractivity contribution >= 4 is 28.8 Å². The highest BCUT2D eigenvalue weighted by molar-refractivity contribution is 7.99. The van der Waals surface area contributed by atoms with Crippen LogP contribution in [-0.4, -0.2) is 32.1 Å². The van der Waals surface area contributed by atoms with E-state index in [9.17, 15) is 4.79 Å². The third-order valence-corrected chi connectivity index (χ3v) is 5.09. The number of aryl methyl sites for hydroxylation is 1. The van der Waals surface area contributed by atoms with Gasteiger partial charge in [0.25, 0.3) is 0 Å². The quantitative estimate of drug-likeness (QED) is 0.934. The van der Waals surface area contributed by atoms with Crippen LogP contribution in [0.4, 0.5) is 0 Å². The number of carboxylic acids is 1. The van der Waals surface area contributed by atoms with Crippen molar-refractivity contribution in [2.45, 2.75) is 38.6 Å². The molecule has 0 unspecified atom stereocenters. The van der Waals surface area contributed by atoms with E-state index >= 15 is 0 Å². The maximum atomic E-state index is 11.1. The minimum atomic E-state index is -0.891. The Kier molecular flexibility index (Phi) is 4.19. The van der Waals surface area contributed by atoms with Crippen molar-refractivity contribution in [1.82, 2.24) is 9.55 Å². The highest BCUT2D eigenvalue weighted by Crippen LogP contribution is 2.32. The summed E-state index contributed by atoms with van der Waals surface area (Å²) in [6.07, 6.45) is 4.35. The van der Waals surface area contributed by atoms with Gasteiger partial charge in [-0.2, -0.15) is 11.8 Å². The monoisotopic (exact) mass is 304 g/mol. The summed E-state index contributed by atoms with van der Waals surface area (Å²) in [7, 11) is 0. The third-order valence-electron chi connectivity index (χ3n) is 4.04.